The van der Waals surface area contributed by atoms with Crippen LogP contribution < -0.4 is 10.2 Å². The van der Waals surface area contributed by atoms with Gasteiger partial charge in [0.2, 0.25) is 0 Å². The van der Waals surface area contributed by atoms with Crippen LogP contribution in [0.3, 0.4) is 0 Å². The quantitative estimate of drug-likeness (QED) is 0.466. The first-order valence-electron chi connectivity index (χ1n) is 12.8. The Balaban J connectivity index is 0.00000336. The van der Waals surface area contributed by atoms with E-state index in [-0.39, 0.29) is 7.33 Å². The van der Waals surface area contributed by atoms with Gasteiger partial charge >= 0.3 is 0 Å². The molecule has 0 atom stereocenters. The van der Waals surface area contributed by atoms with Gasteiger partial charge in [-0.1, -0.05) is 41.4 Å². The second kappa shape index (κ2) is 12.2. The van der Waals surface area contributed by atoms with Crippen molar-refractivity contribution >= 4 is 34.9 Å². The minimum atomic E-state index is -0.197. The molecular weight excluding hydrogens is 507 g/mol. The first-order valence-corrected chi connectivity index (χ1v) is 13.6. The zero-order valence-corrected chi connectivity index (χ0v) is 22.3. The van der Waals surface area contributed by atoms with Crippen LogP contribution in [0.1, 0.15) is 35.8 Å². The highest BCUT2D eigenvalue weighted by molar-refractivity contribution is 6.33. The summed E-state index contributed by atoms with van der Waals surface area (Å²) in [6.45, 7) is 7.37. The van der Waals surface area contributed by atoms with Gasteiger partial charge in [0.1, 0.15) is 5.82 Å². The Morgan fingerprint density at radius 2 is 1.73 bits per heavy atom. The summed E-state index contributed by atoms with van der Waals surface area (Å²) in [6, 6.07) is 14.3. The fourth-order valence-electron chi connectivity index (χ4n) is 5.16. The molecule has 0 radical (unpaired) electrons. The summed E-state index contributed by atoms with van der Waals surface area (Å²) in [6.07, 6.45) is 7.44. The lowest BCUT2D eigenvalue weighted by atomic mass is 10.0. The number of carbonyl (C=O) groups excluding carboxylic acids is 1. The molecule has 0 bridgehead atoms. The monoisotopic (exact) mass is 540 g/mol. The molecule has 9 heteroatoms. The Labute approximate surface area is 229 Å². The van der Waals surface area contributed by atoms with E-state index in [0.29, 0.717) is 23.2 Å². The van der Waals surface area contributed by atoms with Crippen LogP contribution in [0.4, 0.5) is 5.82 Å². The molecule has 0 spiro atoms. The largest absolute Gasteiger partial charge is 0.353 e. The molecule has 2 aromatic heterocycles. The van der Waals surface area contributed by atoms with E-state index in [1.54, 1.807) is 24.7 Å². The Morgan fingerprint density at radius 3 is 2.41 bits per heavy atom. The van der Waals surface area contributed by atoms with Crippen LogP contribution >= 0.6 is 23.2 Å². The third-order valence-corrected chi connectivity index (χ3v) is 7.80. The molecule has 37 heavy (non-hydrogen) atoms. The van der Waals surface area contributed by atoms with E-state index in [9.17, 15) is 4.79 Å². The molecule has 0 unspecified atom stereocenters. The van der Waals surface area contributed by atoms with Crippen molar-refractivity contribution in [1.29, 1.82) is 0 Å². The maximum atomic E-state index is 12.6. The van der Waals surface area contributed by atoms with Gasteiger partial charge in [0, 0.05) is 70.4 Å². The maximum absolute atomic E-state index is 12.6. The Morgan fingerprint density at radius 1 is 0.973 bits per heavy atom. The zero-order chi connectivity index (χ0) is 25.6. The number of hydrogen-bond acceptors (Lipinski definition) is 6. The predicted octanol–water partition coefficient (Wildman–Crippen LogP) is 4.75. The molecule has 7 nitrogen and oxygen atoms in total. The number of halogens is 2. The van der Waals surface area contributed by atoms with Gasteiger partial charge in [0.25, 0.3) is 5.91 Å². The van der Waals surface area contributed by atoms with Gasteiger partial charge in [-0.2, -0.15) is 0 Å². The molecule has 0 aliphatic carbocycles. The molecule has 2 fully saturated rings. The van der Waals surface area contributed by atoms with Gasteiger partial charge in [-0.15, -0.1) is 0 Å². The lowest BCUT2D eigenvalue weighted by Gasteiger charge is -2.43. The van der Waals surface area contributed by atoms with Crippen molar-refractivity contribution < 1.29 is 6.22 Å². The van der Waals surface area contributed by atoms with E-state index < -0.39 is 0 Å². The molecule has 196 valence electrons. The molecule has 1 aromatic carbocycles. The van der Waals surface area contributed by atoms with Gasteiger partial charge < -0.3 is 10.2 Å². The fraction of sp³-hybridized carbons (Fsp3) is 0.393. The highest BCUT2D eigenvalue weighted by atomic mass is 35.5. The summed E-state index contributed by atoms with van der Waals surface area (Å²) in [5.41, 5.74) is 2.72. The number of aromatic nitrogens is 2. The van der Waals surface area contributed by atoms with Gasteiger partial charge in [-0.3, -0.25) is 19.6 Å². The Hall–Kier alpha value is -2.71. The third kappa shape index (κ3) is 6.79. The second-order valence-electron chi connectivity index (χ2n) is 9.73. The summed E-state index contributed by atoms with van der Waals surface area (Å²) >= 11 is 12.6. The van der Waals surface area contributed by atoms with Crippen molar-refractivity contribution in [3.63, 3.8) is 0 Å². The van der Waals surface area contributed by atoms with Crippen LogP contribution in [0, 0.1) is 0 Å². The van der Waals surface area contributed by atoms with Crippen molar-refractivity contribution in [2.24, 2.45) is 0 Å². The standard InChI is InChI=1S/C28H32Cl2N6O.H2/c29-24-5-3-21(4-6-24)20-34-10-7-25(8-11-34)35-12-14-36(15-13-35)27-26(30)16-23(19-32-27)28(37)33-18-22-2-1-9-31-17-22;/h1-6,9,16-17,19,25H,7-8,10-15,18,20H2,(H,33,37);1H. The van der Waals surface area contributed by atoms with Crippen LogP contribution in [-0.2, 0) is 13.1 Å². The van der Waals surface area contributed by atoms with E-state index in [1.807, 2.05) is 24.3 Å². The summed E-state index contributed by atoms with van der Waals surface area (Å²) in [5, 5.41) is 4.20. The number of nitrogens with zero attached hydrogens (tertiary/aromatic N) is 5. The number of amides is 1. The van der Waals surface area contributed by atoms with Crippen molar-refractivity contribution in [1.82, 2.24) is 25.1 Å². The van der Waals surface area contributed by atoms with Gasteiger partial charge in [-0.25, -0.2) is 4.98 Å². The zero-order valence-electron chi connectivity index (χ0n) is 20.8. The van der Waals surface area contributed by atoms with Crippen molar-refractivity contribution in [2.75, 3.05) is 44.2 Å². The van der Waals surface area contributed by atoms with Gasteiger partial charge in [0.05, 0.1) is 10.6 Å². The highest BCUT2D eigenvalue weighted by Gasteiger charge is 2.28. The molecule has 2 saturated heterocycles. The normalized spacial score (nSPS) is 17.6. The fourth-order valence-corrected chi connectivity index (χ4v) is 5.58. The number of piperidine rings is 1. The van der Waals surface area contributed by atoms with E-state index in [4.69, 9.17) is 23.2 Å². The lowest BCUT2D eigenvalue weighted by Crippen LogP contribution is -2.53. The van der Waals surface area contributed by atoms with Crippen molar-refractivity contribution in [2.45, 2.75) is 32.0 Å². The van der Waals surface area contributed by atoms with Crippen molar-refractivity contribution in [3.05, 3.63) is 87.8 Å². The molecule has 1 N–H and O–H groups in total. The number of pyridine rings is 2. The molecule has 4 heterocycles. The molecule has 3 aromatic rings. The number of rotatable bonds is 7. The summed E-state index contributed by atoms with van der Waals surface area (Å²) in [5.74, 6) is 0.555. The SMILES string of the molecule is O=C(NCc1cccnc1)c1cnc(N2CCN(C3CCN(Cc4ccc(Cl)cc4)CC3)CC2)c(Cl)c1.[HH]. The molecule has 1 amide bonds. The highest BCUT2D eigenvalue weighted by Crippen LogP contribution is 2.27. The number of hydrogen-bond donors (Lipinski definition) is 1. The average Bonchev–Trinajstić information content (AvgIpc) is 2.94. The number of piperazine rings is 1. The van der Waals surface area contributed by atoms with E-state index >= 15 is 0 Å². The minimum absolute atomic E-state index is 0. The van der Waals surface area contributed by atoms with Crippen molar-refractivity contribution in [3.8, 4) is 0 Å². The van der Waals surface area contributed by atoms with E-state index in [1.165, 1.54) is 18.4 Å². The Kier molecular flexibility index (Phi) is 8.56. The van der Waals surface area contributed by atoms with Crippen LogP contribution in [0.15, 0.2) is 61.1 Å². The van der Waals surface area contributed by atoms with Crippen LogP contribution in [0.5, 0.6) is 0 Å². The minimum Gasteiger partial charge on any atom is -0.353 e. The number of likely N-dealkylation sites (tertiary alicyclic amines) is 1. The molecule has 2 aliphatic rings. The second-order valence-corrected chi connectivity index (χ2v) is 10.6. The summed E-state index contributed by atoms with van der Waals surface area (Å²) in [4.78, 5) is 28.6. The lowest BCUT2D eigenvalue weighted by molar-refractivity contribution is 0.0950. The van der Waals surface area contributed by atoms with Crippen LogP contribution in [0.25, 0.3) is 0 Å². The van der Waals surface area contributed by atoms with Crippen LogP contribution in [0.2, 0.25) is 10.0 Å². The first kappa shape index (κ1) is 25.9. The molecule has 0 saturated carbocycles. The first-order chi connectivity index (χ1) is 18.0. The topological polar surface area (TPSA) is 64.6 Å². The predicted molar refractivity (Wildman–Crippen MR) is 150 cm³/mol. The third-order valence-electron chi connectivity index (χ3n) is 7.27. The van der Waals surface area contributed by atoms with Gasteiger partial charge in [-0.05, 0) is 61.3 Å². The summed E-state index contributed by atoms with van der Waals surface area (Å²) in [7, 11) is 0. The maximum Gasteiger partial charge on any atom is 0.253 e. The summed E-state index contributed by atoms with van der Waals surface area (Å²) < 4.78 is 0. The van der Waals surface area contributed by atoms with E-state index in [2.05, 4.69) is 42.1 Å². The number of benzene rings is 1. The van der Waals surface area contributed by atoms with E-state index in [0.717, 1.165) is 62.2 Å². The number of nitrogens with one attached hydrogen (secondary N) is 1. The molecule has 5 rings (SSSR count). The Bertz CT molecular complexity index is 1180. The smallest absolute Gasteiger partial charge is 0.253 e. The number of anilines is 1. The molecule has 2 aliphatic heterocycles. The van der Waals surface area contributed by atoms with Gasteiger partial charge in [0.15, 0.2) is 0 Å². The molecular formula is C28H34Cl2N6O. The average molecular weight is 542 g/mol. The number of carbonyl (C=O) groups is 1. The van der Waals surface area contributed by atoms with Crippen LogP contribution in [-0.4, -0.2) is 71.0 Å².